The fraction of sp³-hybridized carbons (Fsp3) is 0.194. The van der Waals surface area contributed by atoms with Crippen LogP contribution in [0.15, 0.2) is 103 Å². The van der Waals surface area contributed by atoms with Crippen LogP contribution >= 0.6 is 12.2 Å². The van der Waals surface area contributed by atoms with E-state index in [2.05, 4.69) is 72.1 Å². The number of hydrogen-bond acceptors (Lipinski definition) is 4. The average molecular weight is 602 g/mol. The maximum Gasteiger partial charge on any atom is 0.262 e. The SMILES string of the molecule is Cc1cccc(-n2c(C)cc([C@H]3[C@H](c4ccccn4)NC(=S)N3c3ccc(NC(=O)COc4ccccc4)cc3)c2C)c1C. The number of ether oxygens (including phenoxy) is 1. The third-order valence-corrected chi connectivity index (χ3v) is 8.56. The quantitative estimate of drug-likeness (QED) is 0.182. The van der Waals surface area contributed by atoms with Crippen LogP contribution in [0.2, 0.25) is 0 Å². The average Bonchev–Trinajstić information content (AvgIpc) is 3.53. The van der Waals surface area contributed by atoms with E-state index in [4.69, 9.17) is 21.9 Å². The number of rotatable bonds is 8. The summed E-state index contributed by atoms with van der Waals surface area (Å²) in [6.07, 6.45) is 1.82. The van der Waals surface area contributed by atoms with Crippen LogP contribution in [-0.4, -0.2) is 27.2 Å². The van der Waals surface area contributed by atoms with Crippen LogP contribution in [0.3, 0.4) is 0 Å². The lowest BCUT2D eigenvalue weighted by molar-refractivity contribution is -0.118. The molecule has 1 saturated heterocycles. The van der Waals surface area contributed by atoms with Crippen molar-refractivity contribution in [3.63, 3.8) is 0 Å². The van der Waals surface area contributed by atoms with Crippen LogP contribution in [0, 0.1) is 27.7 Å². The van der Waals surface area contributed by atoms with Crippen LogP contribution in [0.25, 0.3) is 5.69 Å². The second-order valence-corrected chi connectivity index (χ2v) is 11.5. The van der Waals surface area contributed by atoms with Crippen LogP contribution < -0.4 is 20.3 Å². The molecule has 222 valence electrons. The number of benzene rings is 3. The maximum atomic E-state index is 12.6. The van der Waals surface area contributed by atoms with Crippen molar-refractivity contribution in [2.24, 2.45) is 0 Å². The summed E-state index contributed by atoms with van der Waals surface area (Å²) in [5.41, 5.74) is 9.68. The summed E-state index contributed by atoms with van der Waals surface area (Å²) in [4.78, 5) is 19.4. The van der Waals surface area contributed by atoms with Crippen molar-refractivity contribution >= 4 is 34.6 Å². The Balaban J connectivity index is 1.32. The summed E-state index contributed by atoms with van der Waals surface area (Å²) in [5.74, 6) is 0.422. The number of pyridine rings is 1. The first-order valence-corrected chi connectivity index (χ1v) is 15.1. The molecule has 7 nitrogen and oxygen atoms in total. The number of para-hydroxylation sites is 1. The van der Waals surface area contributed by atoms with Gasteiger partial charge in [0.25, 0.3) is 5.91 Å². The van der Waals surface area contributed by atoms with E-state index in [0.29, 0.717) is 16.5 Å². The molecule has 3 heterocycles. The number of hydrogen-bond donors (Lipinski definition) is 2. The standard InChI is InChI=1S/C36H35N5O2S/c1-23-11-10-15-32(25(23)3)40-24(2)21-30(26(40)4)35-34(31-14-8-9-20-37-31)39-36(44)41(35)28-18-16-27(17-19-28)38-33(42)22-43-29-12-6-5-7-13-29/h5-21,34-35H,22H2,1-4H3,(H,38,42)(H,39,44)/t34-,35-/m0/s1. The van der Waals surface area contributed by atoms with Gasteiger partial charge in [0.15, 0.2) is 11.7 Å². The molecule has 0 spiro atoms. The highest BCUT2D eigenvalue weighted by Crippen LogP contribution is 2.44. The van der Waals surface area contributed by atoms with Gasteiger partial charge in [0.1, 0.15) is 5.75 Å². The van der Waals surface area contributed by atoms with Crippen molar-refractivity contribution in [3.05, 3.63) is 137 Å². The predicted octanol–water partition coefficient (Wildman–Crippen LogP) is 7.30. The second kappa shape index (κ2) is 12.3. The molecule has 2 aromatic heterocycles. The van der Waals surface area contributed by atoms with Crippen LogP contribution in [0.1, 0.15) is 45.9 Å². The lowest BCUT2D eigenvalue weighted by Crippen LogP contribution is -2.29. The molecule has 0 unspecified atom stereocenters. The molecule has 0 bridgehead atoms. The summed E-state index contributed by atoms with van der Waals surface area (Å²) in [5, 5.41) is 7.10. The maximum absolute atomic E-state index is 12.6. The number of anilines is 2. The zero-order valence-electron chi connectivity index (χ0n) is 25.2. The van der Waals surface area contributed by atoms with Gasteiger partial charge in [-0.2, -0.15) is 0 Å². The molecular formula is C36H35N5O2S. The van der Waals surface area contributed by atoms with E-state index in [9.17, 15) is 4.79 Å². The number of aryl methyl sites for hydroxylation is 2. The lowest BCUT2D eigenvalue weighted by atomic mass is 9.96. The predicted molar refractivity (Wildman–Crippen MR) is 180 cm³/mol. The van der Waals surface area contributed by atoms with E-state index in [1.165, 1.54) is 22.4 Å². The Morgan fingerprint density at radius 3 is 2.41 bits per heavy atom. The van der Waals surface area contributed by atoms with Gasteiger partial charge in [-0.05, 0) is 117 Å². The minimum absolute atomic E-state index is 0.0737. The highest BCUT2D eigenvalue weighted by atomic mass is 32.1. The van der Waals surface area contributed by atoms with E-state index in [-0.39, 0.29) is 24.6 Å². The van der Waals surface area contributed by atoms with Crippen molar-refractivity contribution in [1.82, 2.24) is 14.9 Å². The largest absolute Gasteiger partial charge is 0.484 e. The van der Waals surface area contributed by atoms with Gasteiger partial charge < -0.3 is 24.8 Å². The van der Waals surface area contributed by atoms with Crippen molar-refractivity contribution < 1.29 is 9.53 Å². The smallest absolute Gasteiger partial charge is 0.262 e. The lowest BCUT2D eigenvalue weighted by Gasteiger charge is -2.28. The van der Waals surface area contributed by atoms with Crippen LogP contribution in [0.4, 0.5) is 11.4 Å². The topological polar surface area (TPSA) is 71.4 Å². The van der Waals surface area contributed by atoms with Gasteiger partial charge in [-0.25, -0.2) is 0 Å². The first kappa shape index (κ1) is 29.1. The molecule has 5 aromatic rings. The molecule has 6 rings (SSSR count). The fourth-order valence-corrected chi connectivity index (χ4v) is 6.30. The van der Waals surface area contributed by atoms with Gasteiger partial charge in [0, 0.05) is 34.6 Å². The van der Waals surface area contributed by atoms with Gasteiger partial charge in [0.2, 0.25) is 0 Å². The normalized spacial score (nSPS) is 16.1. The molecule has 1 fully saturated rings. The molecule has 8 heteroatoms. The molecule has 3 aromatic carbocycles. The molecule has 2 N–H and O–H groups in total. The summed E-state index contributed by atoms with van der Waals surface area (Å²) in [6, 6.07) is 31.4. The molecule has 44 heavy (non-hydrogen) atoms. The number of aromatic nitrogens is 2. The van der Waals surface area contributed by atoms with E-state index >= 15 is 0 Å². The minimum Gasteiger partial charge on any atom is -0.484 e. The highest BCUT2D eigenvalue weighted by Gasteiger charge is 2.42. The summed E-state index contributed by atoms with van der Waals surface area (Å²) < 4.78 is 7.93. The van der Waals surface area contributed by atoms with Crippen molar-refractivity contribution in [1.29, 1.82) is 0 Å². The second-order valence-electron chi connectivity index (χ2n) is 11.1. The van der Waals surface area contributed by atoms with Crippen molar-refractivity contribution in [2.45, 2.75) is 39.8 Å². The Morgan fingerprint density at radius 1 is 0.932 bits per heavy atom. The van der Waals surface area contributed by atoms with E-state index < -0.39 is 0 Å². The molecule has 0 radical (unpaired) electrons. The Bertz CT molecular complexity index is 1800. The van der Waals surface area contributed by atoms with Gasteiger partial charge in [-0.15, -0.1) is 0 Å². The van der Waals surface area contributed by atoms with Crippen LogP contribution in [-0.2, 0) is 4.79 Å². The van der Waals surface area contributed by atoms with Gasteiger partial charge in [-0.1, -0.05) is 36.4 Å². The number of carbonyl (C=O) groups is 1. The van der Waals surface area contributed by atoms with Crippen LogP contribution in [0.5, 0.6) is 5.75 Å². The number of amides is 1. The molecule has 2 atom stereocenters. The fourth-order valence-electron chi connectivity index (χ4n) is 5.95. The third-order valence-electron chi connectivity index (χ3n) is 8.25. The minimum atomic E-state index is -0.230. The Labute approximate surface area is 263 Å². The molecular weight excluding hydrogens is 566 g/mol. The molecule has 1 amide bonds. The van der Waals surface area contributed by atoms with Gasteiger partial charge >= 0.3 is 0 Å². The first-order chi connectivity index (χ1) is 21.3. The summed E-state index contributed by atoms with van der Waals surface area (Å²) in [6.45, 7) is 8.57. The monoisotopic (exact) mass is 601 g/mol. The van der Waals surface area contributed by atoms with E-state index in [1.807, 2.05) is 79.0 Å². The zero-order chi connectivity index (χ0) is 30.8. The van der Waals surface area contributed by atoms with Crippen molar-refractivity contribution in [2.75, 3.05) is 16.8 Å². The molecule has 1 aliphatic rings. The number of thiocarbonyl (C=S) groups is 1. The van der Waals surface area contributed by atoms with Crippen molar-refractivity contribution in [3.8, 4) is 11.4 Å². The zero-order valence-corrected chi connectivity index (χ0v) is 26.1. The third kappa shape index (κ3) is 5.68. The Hall–Kier alpha value is -4.95. The highest BCUT2D eigenvalue weighted by molar-refractivity contribution is 7.80. The van der Waals surface area contributed by atoms with Gasteiger partial charge in [-0.3, -0.25) is 9.78 Å². The number of nitrogens with one attached hydrogen (secondary N) is 2. The summed E-state index contributed by atoms with van der Waals surface area (Å²) in [7, 11) is 0. The molecule has 0 saturated carbocycles. The Morgan fingerprint density at radius 2 is 1.68 bits per heavy atom. The number of carbonyl (C=O) groups excluding carboxylic acids is 1. The molecule has 0 aliphatic carbocycles. The number of nitrogens with zero attached hydrogens (tertiary/aromatic N) is 3. The first-order valence-electron chi connectivity index (χ1n) is 14.7. The van der Waals surface area contributed by atoms with E-state index in [0.717, 1.165) is 22.8 Å². The Kier molecular flexibility index (Phi) is 8.17. The molecule has 1 aliphatic heterocycles. The summed E-state index contributed by atoms with van der Waals surface area (Å²) >= 11 is 5.97. The van der Waals surface area contributed by atoms with E-state index in [1.54, 1.807) is 0 Å². The van der Waals surface area contributed by atoms with Gasteiger partial charge in [0.05, 0.1) is 17.8 Å².